The second-order valence-electron chi connectivity index (χ2n) is 5.49. The summed E-state index contributed by atoms with van der Waals surface area (Å²) in [7, 11) is 0. The van der Waals surface area contributed by atoms with Gasteiger partial charge in [-0.05, 0) is 45.0 Å². The van der Waals surface area contributed by atoms with Gasteiger partial charge in [0.1, 0.15) is 5.76 Å². The lowest BCUT2D eigenvalue weighted by atomic mass is 10.1. The lowest BCUT2D eigenvalue weighted by Crippen LogP contribution is -2.32. The number of nitrogens with one attached hydrogen (secondary N) is 2. The quantitative estimate of drug-likeness (QED) is 0.863. The van der Waals surface area contributed by atoms with Gasteiger partial charge in [-0.25, -0.2) is 0 Å². The number of piperidine rings is 1. The Morgan fingerprint density at radius 1 is 1.41 bits per heavy atom. The topological polar surface area (TPSA) is 99.9 Å². The van der Waals surface area contributed by atoms with Crippen molar-refractivity contribution in [3.05, 3.63) is 29.5 Å². The van der Waals surface area contributed by atoms with Crippen LogP contribution >= 0.6 is 0 Å². The number of H-pyrrole nitrogens is 1. The average Bonchev–Trinajstić information content (AvgIpc) is 3.24. The summed E-state index contributed by atoms with van der Waals surface area (Å²) in [6.45, 7) is 4.50. The number of amides is 1. The molecule has 0 bridgehead atoms. The molecule has 2 N–H and O–H groups in total. The van der Waals surface area contributed by atoms with Crippen LogP contribution < -0.4 is 5.32 Å². The molecule has 118 valence electrons. The van der Waals surface area contributed by atoms with E-state index in [0.717, 1.165) is 18.8 Å². The second kappa shape index (κ2) is 6.69. The van der Waals surface area contributed by atoms with Gasteiger partial charge in [0.15, 0.2) is 11.6 Å². The minimum absolute atomic E-state index is 0.194. The normalized spacial score (nSPS) is 17.3. The molecule has 8 nitrogen and oxygen atoms in total. The van der Waals surface area contributed by atoms with Gasteiger partial charge in [-0.1, -0.05) is 11.6 Å². The van der Waals surface area contributed by atoms with E-state index in [9.17, 15) is 4.79 Å². The van der Waals surface area contributed by atoms with Gasteiger partial charge in [0.2, 0.25) is 0 Å². The maximum Gasteiger partial charge on any atom is 0.287 e. The number of nitrogens with zero attached hydrogens (tertiary/aromatic N) is 4. The molecule has 0 saturated carbocycles. The molecule has 2 aromatic rings. The third-order valence-corrected chi connectivity index (χ3v) is 4.00. The zero-order valence-corrected chi connectivity index (χ0v) is 12.6. The van der Waals surface area contributed by atoms with Crippen LogP contribution in [0.1, 0.15) is 54.4 Å². The second-order valence-corrected chi connectivity index (χ2v) is 5.49. The van der Waals surface area contributed by atoms with E-state index >= 15 is 0 Å². The Morgan fingerprint density at radius 3 is 2.95 bits per heavy atom. The first-order valence-electron chi connectivity index (χ1n) is 7.58. The van der Waals surface area contributed by atoms with Crippen LogP contribution in [-0.4, -0.2) is 44.5 Å². The first kappa shape index (κ1) is 14.7. The highest BCUT2D eigenvalue weighted by molar-refractivity contribution is 5.91. The predicted octanol–water partition coefficient (Wildman–Crippen LogP) is 1.27. The molecule has 1 aliphatic rings. The number of carbonyl (C=O) groups is 1. The van der Waals surface area contributed by atoms with Gasteiger partial charge < -0.3 is 9.73 Å². The van der Waals surface area contributed by atoms with Crippen LogP contribution in [-0.2, 0) is 6.54 Å². The zero-order chi connectivity index (χ0) is 15.4. The molecule has 0 radical (unpaired) electrons. The lowest BCUT2D eigenvalue weighted by molar-refractivity contribution is 0.0913. The van der Waals surface area contributed by atoms with E-state index in [1.165, 1.54) is 19.3 Å². The number of aromatic amines is 1. The number of rotatable bonds is 5. The van der Waals surface area contributed by atoms with E-state index in [2.05, 4.69) is 37.8 Å². The number of likely N-dealkylation sites (tertiary alicyclic amines) is 1. The van der Waals surface area contributed by atoms with E-state index in [-0.39, 0.29) is 18.5 Å². The first-order chi connectivity index (χ1) is 10.7. The molecule has 2 aromatic heterocycles. The Hall–Kier alpha value is -2.22. The molecule has 3 heterocycles. The van der Waals surface area contributed by atoms with E-state index < -0.39 is 0 Å². The minimum atomic E-state index is -0.276. The van der Waals surface area contributed by atoms with E-state index in [1.807, 2.05) is 6.07 Å². The van der Waals surface area contributed by atoms with Gasteiger partial charge >= 0.3 is 0 Å². The molecule has 0 aliphatic carbocycles. The summed E-state index contributed by atoms with van der Waals surface area (Å²) in [5, 5.41) is 16.0. The lowest BCUT2D eigenvalue weighted by Gasteiger charge is -2.31. The Labute approximate surface area is 128 Å². The van der Waals surface area contributed by atoms with Crippen molar-refractivity contribution in [2.45, 2.75) is 38.8 Å². The Kier molecular flexibility index (Phi) is 4.47. The third-order valence-electron chi connectivity index (χ3n) is 4.00. The van der Waals surface area contributed by atoms with Gasteiger partial charge in [-0.3, -0.25) is 9.69 Å². The number of tetrazole rings is 1. The fraction of sp³-hybridized carbons (Fsp3) is 0.571. The van der Waals surface area contributed by atoms with Crippen LogP contribution in [0.3, 0.4) is 0 Å². The monoisotopic (exact) mass is 304 g/mol. The van der Waals surface area contributed by atoms with Crippen molar-refractivity contribution in [3.63, 3.8) is 0 Å². The standard InChI is InChI=1S/C14H20N6O2/c1-10(20-7-3-2-4-8-20)11-5-6-12(22-11)14(21)15-9-13-16-18-19-17-13/h5-6,10H,2-4,7-9H2,1H3,(H,15,21)(H,16,17,18,19). The van der Waals surface area contributed by atoms with Crippen LogP contribution in [0.25, 0.3) is 0 Å². The average molecular weight is 304 g/mol. The molecule has 1 aliphatic heterocycles. The van der Waals surface area contributed by atoms with Gasteiger partial charge in [0, 0.05) is 0 Å². The van der Waals surface area contributed by atoms with Gasteiger partial charge in [0.25, 0.3) is 5.91 Å². The maximum absolute atomic E-state index is 12.0. The predicted molar refractivity (Wildman–Crippen MR) is 77.9 cm³/mol. The highest BCUT2D eigenvalue weighted by Crippen LogP contribution is 2.25. The van der Waals surface area contributed by atoms with E-state index in [1.54, 1.807) is 6.07 Å². The van der Waals surface area contributed by atoms with Crippen LogP contribution in [0, 0.1) is 0 Å². The zero-order valence-electron chi connectivity index (χ0n) is 12.6. The highest BCUT2D eigenvalue weighted by Gasteiger charge is 2.22. The molecular weight excluding hydrogens is 284 g/mol. The molecule has 0 aromatic carbocycles. The number of hydrogen-bond donors (Lipinski definition) is 2. The van der Waals surface area contributed by atoms with E-state index in [0.29, 0.717) is 11.6 Å². The summed E-state index contributed by atoms with van der Waals surface area (Å²) in [5.74, 6) is 1.29. The number of carbonyl (C=O) groups excluding carboxylic acids is 1. The largest absolute Gasteiger partial charge is 0.454 e. The molecule has 0 spiro atoms. The Morgan fingerprint density at radius 2 is 2.23 bits per heavy atom. The summed E-state index contributed by atoms with van der Waals surface area (Å²) in [5.41, 5.74) is 0. The molecule has 1 saturated heterocycles. The number of aromatic nitrogens is 4. The van der Waals surface area contributed by atoms with Gasteiger partial charge in [-0.2, -0.15) is 5.21 Å². The SMILES string of the molecule is CC(c1ccc(C(=O)NCc2nn[nH]n2)o1)N1CCCCC1. The van der Waals surface area contributed by atoms with Gasteiger partial charge in [0.05, 0.1) is 12.6 Å². The molecule has 1 atom stereocenters. The summed E-state index contributed by atoms with van der Waals surface area (Å²) in [4.78, 5) is 14.4. The van der Waals surface area contributed by atoms with Crippen molar-refractivity contribution < 1.29 is 9.21 Å². The van der Waals surface area contributed by atoms with Crippen molar-refractivity contribution in [1.29, 1.82) is 0 Å². The van der Waals surface area contributed by atoms with Crippen molar-refractivity contribution in [1.82, 2.24) is 30.8 Å². The maximum atomic E-state index is 12.0. The smallest absolute Gasteiger partial charge is 0.287 e. The van der Waals surface area contributed by atoms with Gasteiger partial charge in [-0.15, -0.1) is 10.2 Å². The molecule has 1 unspecified atom stereocenters. The highest BCUT2D eigenvalue weighted by atomic mass is 16.4. The molecule has 8 heteroatoms. The molecular formula is C14H20N6O2. The number of hydrogen-bond acceptors (Lipinski definition) is 6. The Balaban J connectivity index is 1.58. The molecule has 3 rings (SSSR count). The first-order valence-corrected chi connectivity index (χ1v) is 7.58. The Bertz CT molecular complexity index is 603. The summed E-state index contributed by atoms with van der Waals surface area (Å²) < 4.78 is 5.71. The molecule has 1 amide bonds. The van der Waals surface area contributed by atoms with Crippen molar-refractivity contribution in [2.75, 3.05) is 13.1 Å². The number of furan rings is 1. The van der Waals surface area contributed by atoms with Crippen LogP contribution in [0.15, 0.2) is 16.5 Å². The van der Waals surface area contributed by atoms with Crippen LogP contribution in [0.4, 0.5) is 0 Å². The van der Waals surface area contributed by atoms with Crippen molar-refractivity contribution in [3.8, 4) is 0 Å². The fourth-order valence-electron chi connectivity index (χ4n) is 2.69. The molecule has 1 fully saturated rings. The molecule has 22 heavy (non-hydrogen) atoms. The van der Waals surface area contributed by atoms with Crippen LogP contribution in [0.2, 0.25) is 0 Å². The fourth-order valence-corrected chi connectivity index (χ4v) is 2.69. The summed E-state index contributed by atoms with van der Waals surface area (Å²) in [6.07, 6.45) is 3.75. The van der Waals surface area contributed by atoms with Crippen molar-refractivity contribution >= 4 is 5.91 Å². The third kappa shape index (κ3) is 3.33. The summed E-state index contributed by atoms with van der Waals surface area (Å²) >= 11 is 0. The van der Waals surface area contributed by atoms with Crippen molar-refractivity contribution in [2.24, 2.45) is 0 Å². The summed E-state index contributed by atoms with van der Waals surface area (Å²) in [6, 6.07) is 3.78. The van der Waals surface area contributed by atoms with Crippen LogP contribution in [0.5, 0.6) is 0 Å². The van der Waals surface area contributed by atoms with E-state index in [4.69, 9.17) is 4.42 Å². The minimum Gasteiger partial charge on any atom is -0.454 e.